The van der Waals surface area contributed by atoms with Gasteiger partial charge in [0.15, 0.2) is 25.0 Å². The SMILES string of the molecule is CC(C)(C)[Si](C)(C)OC[C@H]1C[C@H]2O[C@@]2(S(=O)(=O)c2ccccc2)[C@@H](O[Si](C)(C)C(C)(C)C)[C@@H]1O[Si](C)(C)C(C)(C)C. The van der Waals surface area contributed by atoms with Gasteiger partial charge in [0.05, 0.1) is 11.0 Å². The van der Waals surface area contributed by atoms with Gasteiger partial charge in [-0.2, -0.15) is 0 Å². The highest BCUT2D eigenvalue weighted by atomic mass is 32.2. The molecule has 2 fully saturated rings. The average Bonchev–Trinajstić information content (AvgIpc) is 3.54. The van der Waals surface area contributed by atoms with Crippen LogP contribution in [0.4, 0.5) is 0 Å². The number of hydrogen-bond donors (Lipinski definition) is 0. The predicted octanol–water partition coefficient (Wildman–Crippen LogP) is 8.38. The molecule has 1 aromatic carbocycles. The maximum atomic E-state index is 14.5. The van der Waals surface area contributed by atoms with Crippen LogP contribution in [-0.2, 0) is 27.9 Å². The van der Waals surface area contributed by atoms with Crippen LogP contribution in [0.1, 0.15) is 68.7 Å². The Labute approximate surface area is 254 Å². The first-order valence-corrected chi connectivity index (χ1v) is 25.4. The van der Waals surface area contributed by atoms with Gasteiger partial charge < -0.3 is 18.0 Å². The number of sulfone groups is 1. The summed E-state index contributed by atoms with van der Waals surface area (Å²) in [6.45, 7) is 33.8. The fourth-order valence-corrected chi connectivity index (χ4v) is 10.6. The van der Waals surface area contributed by atoms with Crippen molar-refractivity contribution < 1.29 is 26.4 Å². The van der Waals surface area contributed by atoms with Gasteiger partial charge in [0.25, 0.3) is 0 Å². The van der Waals surface area contributed by atoms with Crippen LogP contribution < -0.4 is 0 Å². The van der Waals surface area contributed by atoms with Gasteiger partial charge in [-0.05, 0) is 73.0 Å². The van der Waals surface area contributed by atoms with Crippen LogP contribution in [0.5, 0.6) is 0 Å². The molecule has 5 atom stereocenters. The lowest BCUT2D eigenvalue weighted by molar-refractivity contribution is -0.0430. The largest absolute Gasteiger partial charge is 0.416 e. The van der Waals surface area contributed by atoms with Crippen LogP contribution in [-0.4, -0.2) is 63.2 Å². The molecule has 0 bridgehead atoms. The normalized spacial score (nSPS) is 28.4. The quantitative estimate of drug-likeness (QED) is 0.199. The van der Waals surface area contributed by atoms with Gasteiger partial charge in [-0.15, -0.1) is 0 Å². The summed E-state index contributed by atoms with van der Waals surface area (Å²) in [7, 11) is -10.8. The van der Waals surface area contributed by atoms with E-state index >= 15 is 0 Å². The van der Waals surface area contributed by atoms with E-state index in [0.29, 0.717) is 13.0 Å². The summed E-state index contributed by atoms with van der Waals surface area (Å²) >= 11 is 0. The molecule has 1 aliphatic heterocycles. The summed E-state index contributed by atoms with van der Waals surface area (Å²) in [5, 5.41) is -0.127. The number of hydrogen-bond acceptors (Lipinski definition) is 6. The lowest BCUT2D eigenvalue weighted by Crippen LogP contribution is -2.63. The molecule has 1 aliphatic carbocycles. The number of rotatable bonds is 9. The van der Waals surface area contributed by atoms with Gasteiger partial charge in [-0.25, -0.2) is 8.42 Å². The first-order valence-electron chi connectivity index (χ1n) is 15.2. The summed E-state index contributed by atoms with van der Waals surface area (Å²) in [5.41, 5.74) is 0. The zero-order chi connectivity index (χ0) is 31.7. The minimum atomic E-state index is -3.89. The van der Waals surface area contributed by atoms with Crippen molar-refractivity contribution >= 4 is 34.8 Å². The van der Waals surface area contributed by atoms with Crippen molar-refractivity contribution in [1.82, 2.24) is 0 Å². The molecular formula is C31H58O6SSi3. The Morgan fingerprint density at radius 3 is 1.71 bits per heavy atom. The second-order valence-electron chi connectivity index (χ2n) is 16.9. The number of ether oxygens (including phenoxy) is 1. The standard InChI is InChI=1S/C31H58O6SSi3/c1-28(2,3)39(10,11)34-22-23-21-25-31(35-25,38(32,33)24-19-17-16-18-20-24)27(37-41(14,15)30(7,8)9)26(23)36-40(12,13)29(4,5)6/h16-20,23,25-27H,21-22H2,1-15H3/t23-,25-,26-,27+,31+/m1/s1. The minimum Gasteiger partial charge on any atom is -0.416 e. The van der Waals surface area contributed by atoms with Gasteiger partial charge in [0, 0.05) is 12.5 Å². The molecule has 1 saturated heterocycles. The van der Waals surface area contributed by atoms with Gasteiger partial charge in [-0.3, -0.25) is 0 Å². The second-order valence-corrected chi connectivity index (χ2v) is 33.3. The molecule has 1 saturated carbocycles. The van der Waals surface area contributed by atoms with E-state index in [0.717, 1.165) is 0 Å². The summed E-state index contributed by atoms with van der Waals surface area (Å²) in [4.78, 5) is -1.20. The van der Waals surface area contributed by atoms with E-state index in [4.69, 9.17) is 18.0 Å². The third-order valence-corrected chi connectivity index (χ3v) is 26.6. The second kappa shape index (κ2) is 10.9. The zero-order valence-electron chi connectivity index (χ0n) is 28.5. The Hall–Kier alpha value is -0.339. The summed E-state index contributed by atoms with van der Waals surface area (Å²) in [5.74, 6) is -0.0420. The van der Waals surface area contributed by atoms with Crippen molar-refractivity contribution in [2.45, 2.75) is 151 Å². The maximum absolute atomic E-state index is 14.5. The van der Waals surface area contributed by atoms with Crippen LogP contribution >= 0.6 is 0 Å². The maximum Gasteiger partial charge on any atom is 0.227 e. The molecule has 236 valence electrons. The van der Waals surface area contributed by atoms with Gasteiger partial charge in [0.1, 0.15) is 12.2 Å². The first-order chi connectivity index (χ1) is 18.2. The van der Waals surface area contributed by atoms with E-state index in [2.05, 4.69) is 102 Å². The van der Waals surface area contributed by atoms with Gasteiger partial charge >= 0.3 is 0 Å². The Morgan fingerprint density at radius 1 is 0.780 bits per heavy atom. The van der Waals surface area contributed by atoms with Crippen LogP contribution in [0.3, 0.4) is 0 Å². The van der Waals surface area contributed by atoms with Crippen molar-refractivity contribution in [1.29, 1.82) is 0 Å². The van der Waals surface area contributed by atoms with Crippen LogP contribution in [0.2, 0.25) is 54.4 Å². The fourth-order valence-electron chi connectivity index (χ4n) is 4.72. The van der Waals surface area contributed by atoms with E-state index in [-0.39, 0.29) is 25.9 Å². The van der Waals surface area contributed by atoms with E-state index in [1.54, 1.807) is 24.3 Å². The van der Waals surface area contributed by atoms with Crippen LogP contribution in [0, 0.1) is 5.92 Å². The zero-order valence-corrected chi connectivity index (χ0v) is 32.3. The van der Waals surface area contributed by atoms with E-state index in [1.165, 1.54) is 0 Å². The molecule has 0 spiro atoms. The van der Waals surface area contributed by atoms with E-state index in [9.17, 15) is 8.42 Å². The summed E-state index contributed by atoms with van der Waals surface area (Å²) in [6, 6.07) is 8.72. The molecule has 0 N–H and O–H groups in total. The number of epoxide rings is 1. The van der Waals surface area contributed by atoms with E-state index in [1.807, 2.05) is 6.07 Å². The fraction of sp³-hybridized carbons (Fsp3) is 0.806. The Balaban J connectivity index is 2.19. The molecule has 6 nitrogen and oxygen atoms in total. The minimum absolute atomic E-state index is 0.0420. The molecule has 1 heterocycles. The first kappa shape index (κ1) is 35.1. The Morgan fingerprint density at radius 2 is 1.24 bits per heavy atom. The topological polar surface area (TPSA) is 74.4 Å². The highest BCUT2D eigenvalue weighted by Gasteiger charge is 2.77. The molecule has 0 amide bonds. The summed E-state index contributed by atoms with van der Waals surface area (Å²) in [6.07, 6.45) is -1.12. The third kappa shape index (κ3) is 6.55. The smallest absolute Gasteiger partial charge is 0.227 e. The number of fused-ring (bicyclic) bond motifs is 1. The Bertz CT molecular complexity index is 1180. The van der Waals surface area contributed by atoms with Crippen LogP contribution in [0.25, 0.3) is 0 Å². The highest BCUT2D eigenvalue weighted by molar-refractivity contribution is 7.93. The van der Waals surface area contributed by atoms with Gasteiger partial charge in [0.2, 0.25) is 14.8 Å². The molecule has 10 heteroatoms. The molecule has 0 aromatic heterocycles. The predicted molar refractivity (Wildman–Crippen MR) is 177 cm³/mol. The van der Waals surface area contributed by atoms with Gasteiger partial charge in [-0.1, -0.05) is 80.5 Å². The van der Waals surface area contributed by atoms with Crippen molar-refractivity contribution in [2.24, 2.45) is 5.92 Å². The monoisotopic (exact) mass is 642 g/mol. The average molecular weight is 643 g/mol. The molecule has 1 aromatic rings. The Kier molecular flexibility index (Phi) is 9.36. The number of benzene rings is 1. The molecular weight excluding hydrogens is 585 g/mol. The summed E-state index contributed by atoms with van der Waals surface area (Å²) < 4.78 is 56.7. The lowest BCUT2D eigenvalue weighted by atomic mass is 9.84. The lowest BCUT2D eigenvalue weighted by Gasteiger charge is -2.50. The highest BCUT2D eigenvalue weighted by Crippen LogP contribution is 2.59. The van der Waals surface area contributed by atoms with Crippen molar-refractivity contribution in [3.05, 3.63) is 30.3 Å². The molecule has 3 rings (SSSR count). The molecule has 2 aliphatic rings. The van der Waals surface area contributed by atoms with Crippen molar-refractivity contribution in [3.8, 4) is 0 Å². The van der Waals surface area contributed by atoms with Crippen molar-refractivity contribution in [2.75, 3.05) is 6.61 Å². The van der Waals surface area contributed by atoms with Crippen LogP contribution in [0.15, 0.2) is 35.2 Å². The molecule has 0 unspecified atom stereocenters. The third-order valence-electron chi connectivity index (χ3n) is 10.8. The van der Waals surface area contributed by atoms with E-state index < -0.39 is 58.0 Å². The molecule has 0 radical (unpaired) electrons. The molecule has 41 heavy (non-hydrogen) atoms. The van der Waals surface area contributed by atoms with Crippen molar-refractivity contribution in [3.63, 3.8) is 0 Å².